The molecule has 0 aliphatic heterocycles. The van der Waals surface area contributed by atoms with E-state index < -0.39 is 49.9 Å². The summed E-state index contributed by atoms with van der Waals surface area (Å²) in [5.74, 6) is -2.00. The SMILES string of the molecule is CNC(=O)NC(=O)COC(=O)c1ccc(S(C)(=O)=O)c([N+](=O)[O-])c1. The van der Waals surface area contributed by atoms with Gasteiger partial charge in [-0.25, -0.2) is 18.0 Å². The third-order valence-electron chi connectivity index (χ3n) is 2.61. The zero-order valence-corrected chi connectivity index (χ0v) is 13.4. The number of ether oxygens (including phenoxy) is 1. The Morgan fingerprint density at radius 1 is 1.29 bits per heavy atom. The number of nitrogens with zero attached hydrogens (tertiary/aromatic N) is 1. The van der Waals surface area contributed by atoms with Gasteiger partial charge in [0, 0.05) is 19.4 Å². The molecule has 0 aromatic heterocycles. The summed E-state index contributed by atoms with van der Waals surface area (Å²) in [4.78, 5) is 43.3. The van der Waals surface area contributed by atoms with Gasteiger partial charge in [-0.05, 0) is 12.1 Å². The number of rotatable bonds is 5. The number of carbonyl (C=O) groups excluding carboxylic acids is 3. The number of sulfone groups is 1. The molecule has 0 saturated heterocycles. The first-order valence-corrected chi connectivity index (χ1v) is 8.12. The summed E-state index contributed by atoms with van der Waals surface area (Å²) in [6, 6.07) is 1.84. The molecule has 0 bridgehead atoms. The molecular formula is C12H13N3O8S. The highest BCUT2D eigenvalue weighted by Gasteiger charge is 2.24. The number of carbonyl (C=O) groups is 3. The van der Waals surface area contributed by atoms with Gasteiger partial charge in [-0.3, -0.25) is 20.2 Å². The summed E-state index contributed by atoms with van der Waals surface area (Å²) in [6.07, 6.45) is 0.788. The van der Waals surface area contributed by atoms with Crippen molar-refractivity contribution in [2.24, 2.45) is 0 Å². The molecule has 0 radical (unpaired) electrons. The van der Waals surface area contributed by atoms with Crippen LogP contribution in [0.25, 0.3) is 0 Å². The Morgan fingerprint density at radius 3 is 2.42 bits per heavy atom. The van der Waals surface area contributed by atoms with Gasteiger partial charge in [0.2, 0.25) is 0 Å². The molecule has 12 heteroatoms. The van der Waals surface area contributed by atoms with Crippen LogP contribution in [0, 0.1) is 10.1 Å². The highest BCUT2D eigenvalue weighted by molar-refractivity contribution is 7.90. The van der Waals surface area contributed by atoms with Crippen molar-refractivity contribution < 1.29 is 32.5 Å². The summed E-state index contributed by atoms with van der Waals surface area (Å²) in [6.45, 7) is -0.798. The molecule has 1 aromatic carbocycles. The van der Waals surface area contributed by atoms with Crippen LogP contribution >= 0.6 is 0 Å². The van der Waals surface area contributed by atoms with Gasteiger partial charge < -0.3 is 10.1 Å². The number of nitro benzene ring substituents is 1. The van der Waals surface area contributed by atoms with E-state index >= 15 is 0 Å². The fourth-order valence-corrected chi connectivity index (χ4v) is 2.37. The average molecular weight is 359 g/mol. The Morgan fingerprint density at radius 2 is 1.92 bits per heavy atom. The topological polar surface area (TPSA) is 162 Å². The van der Waals surface area contributed by atoms with Gasteiger partial charge in [-0.1, -0.05) is 0 Å². The molecule has 0 atom stereocenters. The highest BCUT2D eigenvalue weighted by atomic mass is 32.2. The molecule has 3 amide bonds. The zero-order valence-electron chi connectivity index (χ0n) is 12.6. The second kappa shape index (κ2) is 7.50. The fourth-order valence-electron chi connectivity index (χ4n) is 1.54. The Bertz CT molecular complexity index is 803. The zero-order chi connectivity index (χ0) is 18.5. The number of nitrogens with one attached hydrogen (secondary N) is 2. The molecule has 1 aromatic rings. The highest BCUT2D eigenvalue weighted by Crippen LogP contribution is 2.25. The maximum Gasteiger partial charge on any atom is 0.338 e. The quantitative estimate of drug-likeness (QED) is 0.408. The van der Waals surface area contributed by atoms with Crippen LogP contribution in [0.15, 0.2) is 23.1 Å². The largest absolute Gasteiger partial charge is 0.452 e. The molecular weight excluding hydrogens is 346 g/mol. The van der Waals surface area contributed by atoms with Crippen molar-refractivity contribution in [1.82, 2.24) is 10.6 Å². The normalized spacial score (nSPS) is 10.6. The first-order chi connectivity index (χ1) is 11.1. The molecule has 1 rings (SSSR count). The molecule has 130 valence electrons. The summed E-state index contributed by atoms with van der Waals surface area (Å²) >= 11 is 0. The van der Waals surface area contributed by atoms with Crippen molar-refractivity contribution in [3.05, 3.63) is 33.9 Å². The molecule has 2 N–H and O–H groups in total. The number of hydrogen-bond acceptors (Lipinski definition) is 8. The van der Waals surface area contributed by atoms with Crippen LogP contribution in [0.5, 0.6) is 0 Å². The van der Waals surface area contributed by atoms with Gasteiger partial charge in [0.25, 0.3) is 11.6 Å². The Hall–Kier alpha value is -3.02. The van der Waals surface area contributed by atoms with Crippen LogP contribution in [0.4, 0.5) is 10.5 Å². The van der Waals surface area contributed by atoms with E-state index in [0.717, 1.165) is 24.5 Å². The molecule has 0 fully saturated rings. The van der Waals surface area contributed by atoms with Crippen molar-refractivity contribution >= 4 is 33.4 Å². The molecule has 0 unspecified atom stereocenters. The molecule has 0 aliphatic rings. The minimum absolute atomic E-state index is 0.318. The van der Waals surface area contributed by atoms with Crippen molar-refractivity contribution in [2.45, 2.75) is 4.90 Å². The smallest absolute Gasteiger partial charge is 0.338 e. The van der Waals surface area contributed by atoms with Crippen LogP contribution in [-0.4, -0.2) is 51.2 Å². The predicted molar refractivity (Wildman–Crippen MR) is 79.1 cm³/mol. The number of benzene rings is 1. The average Bonchev–Trinajstić information content (AvgIpc) is 2.50. The van der Waals surface area contributed by atoms with Crippen LogP contribution < -0.4 is 10.6 Å². The Balaban J connectivity index is 2.93. The number of imide groups is 1. The van der Waals surface area contributed by atoms with Gasteiger partial charge in [0.1, 0.15) is 4.90 Å². The molecule has 0 aliphatic carbocycles. The number of nitro groups is 1. The standard InChI is InChI=1S/C12H13N3O8S/c1-13-12(18)14-10(16)6-23-11(17)7-3-4-9(24(2,21)22)8(5-7)15(19)20/h3-5H,6H2,1-2H3,(H2,13,14,16,18). The van der Waals surface area contributed by atoms with Gasteiger partial charge in [-0.2, -0.15) is 0 Å². The molecule has 0 spiro atoms. The number of esters is 1. The van der Waals surface area contributed by atoms with E-state index in [1.54, 1.807) is 0 Å². The minimum Gasteiger partial charge on any atom is -0.452 e. The summed E-state index contributed by atoms with van der Waals surface area (Å²) in [7, 11) is -2.59. The molecule has 0 saturated carbocycles. The maximum absolute atomic E-state index is 11.8. The van der Waals surface area contributed by atoms with E-state index in [-0.39, 0.29) is 5.56 Å². The van der Waals surface area contributed by atoms with Crippen LogP contribution in [0.1, 0.15) is 10.4 Å². The molecule has 11 nitrogen and oxygen atoms in total. The molecule has 0 heterocycles. The predicted octanol–water partition coefficient (Wildman–Crippen LogP) is -0.389. The van der Waals surface area contributed by atoms with Gasteiger partial charge >= 0.3 is 12.0 Å². The first kappa shape index (κ1) is 19.0. The van der Waals surface area contributed by atoms with E-state index in [9.17, 15) is 32.9 Å². The number of urea groups is 1. The first-order valence-electron chi connectivity index (χ1n) is 6.23. The summed E-state index contributed by atoms with van der Waals surface area (Å²) < 4.78 is 27.5. The lowest BCUT2D eigenvalue weighted by Gasteiger charge is -2.06. The number of hydrogen-bond donors (Lipinski definition) is 2. The lowest BCUT2D eigenvalue weighted by Crippen LogP contribution is -2.39. The van der Waals surface area contributed by atoms with Gasteiger partial charge in [-0.15, -0.1) is 0 Å². The minimum atomic E-state index is -3.87. The van der Waals surface area contributed by atoms with Crippen molar-refractivity contribution in [1.29, 1.82) is 0 Å². The van der Waals surface area contributed by atoms with E-state index in [1.807, 2.05) is 5.32 Å². The van der Waals surface area contributed by atoms with Crippen LogP contribution in [0.2, 0.25) is 0 Å². The van der Waals surface area contributed by atoms with E-state index in [0.29, 0.717) is 0 Å². The lowest BCUT2D eigenvalue weighted by atomic mass is 10.2. The molecule has 24 heavy (non-hydrogen) atoms. The number of amides is 3. The van der Waals surface area contributed by atoms with Crippen LogP contribution in [0.3, 0.4) is 0 Å². The summed E-state index contributed by atoms with van der Waals surface area (Å²) in [5.41, 5.74) is -1.11. The van der Waals surface area contributed by atoms with E-state index in [1.165, 1.54) is 7.05 Å². The van der Waals surface area contributed by atoms with Crippen molar-refractivity contribution in [3.63, 3.8) is 0 Å². The third-order valence-corrected chi connectivity index (χ3v) is 3.75. The van der Waals surface area contributed by atoms with E-state index in [2.05, 4.69) is 10.1 Å². The monoisotopic (exact) mass is 359 g/mol. The van der Waals surface area contributed by atoms with Gasteiger partial charge in [0.15, 0.2) is 16.4 Å². The summed E-state index contributed by atoms with van der Waals surface area (Å²) in [5, 5.41) is 14.9. The second-order valence-corrected chi connectivity index (χ2v) is 6.40. The maximum atomic E-state index is 11.8. The van der Waals surface area contributed by atoms with Crippen LogP contribution in [-0.2, 0) is 19.4 Å². The van der Waals surface area contributed by atoms with Crippen molar-refractivity contribution in [3.8, 4) is 0 Å². The lowest BCUT2D eigenvalue weighted by molar-refractivity contribution is -0.387. The van der Waals surface area contributed by atoms with Crippen molar-refractivity contribution in [2.75, 3.05) is 19.9 Å². The Labute approximate surface area is 136 Å². The third kappa shape index (κ3) is 5.01. The van der Waals surface area contributed by atoms with E-state index in [4.69, 9.17) is 0 Å². The fraction of sp³-hybridized carbons (Fsp3) is 0.250. The Kier molecular flexibility index (Phi) is 5.95. The second-order valence-electron chi connectivity index (χ2n) is 4.42. The van der Waals surface area contributed by atoms with Gasteiger partial charge in [0.05, 0.1) is 10.5 Å².